The maximum Gasteiger partial charge on any atom is 0.216 e. The van der Waals surface area contributed by atoms with Gasteiger partial charge in [0.05, 0.1) is 19.0 Å². The maximum absolute atomic E-state index is 5.05. The molecule has 0 aliphatic heterocycles. The van der Waals surface area contributed by atoms with Crippen molar-refractivity contribution in [2.24, 2.45) is 4.99 Å². The molecule has 70 valence electrons. The van der Waals surface area contributed by atoms with Crippen LogP contribution in [0.15, 0.2) is 17.3 Å². The molecule has 1 aromatic rings. The summed E-state index contributed by atoms with van der Waals surface area (Å²) >= 11 is 0. The van der Waals surface area contributed by atoms with Crippen LogP contribution in [0.1, 0.15) is 19.4 Å². The number of hydrogen-bond donors (Lipinski definition) is 0. The summed E-state index contributed by atoms with van der Waals surface area (Å²) in [4.78, 5) is 8.41. The highest BCUT2D eigenvalue weighted by Gasteiger charge is 1.99. The van der Waals surface area contributed by atoms with E-state index in [4.69, 9.17) is 4.74 Å². The van der Waals surface area contributed by atoms with E-state index in [1.165, 1.54) is 0 Å². The van der Waals surface area contributed by atoms with E-state index in [0.29, 0.717) is 5.88 Å². The van der Waals surface area contributed by atoms with Crippen LogP contribution in [0.2, 0.25) is 0 Å². The number of ether oxygens (including phenoxy) is 1. The minimum Gasteiger partial charge on any atom is -0.481 e. The van der Waals surface area contributed by atoms with Crippen molar-refractivity contribution in [1.82, 2.24) is 4.98 Å². The molecule has 3 nitrogen and oxygen atoms in total. The van der Waals surface area contributed by atoms with Gasteiger partial charge in [0.25, 0.3) is 0 Å². The van der Waals surface area contributed by atoms with Crippen molar-refractivity contribution < 1.29 is 4.74 Å². The molecule has 13 heavy (non-hydrogen) atoms. The second-order valence-electron chi connectivity index (χ2n) is 3.08. The summed E-state index contributed by atoms with van der Waals surface area (Å²) in [5, 5.41) is 0. The van der Waals surface area contributed by atoms with Crippen molar-refractivity contribution in [3.8, 4) is 5.88 Å². The van der Waals surface area contributed by atoms with Crippen LogP contribution >= 0.6 is 0 Å². The van der Waals surface area contributed by atoms with Crippen LogP contribution in [-0.4, -0.2) is 17.8 Å². The topological polar surface area (TPSA) is 34.5 Å². The lowest BCUT2D eigenvalue weighted by Crippen LogP contribution is -1.90. The van der Waals surface area contributed by atoms with Crippen molar-refractivity contribution >= 4 is 11.4 Å². The molecular weight excluding hydrogens is 164 g/mol. The number of aliphatic imine (C=N–C) groups is 1. The van der Waals surface area contributed by atoms with Crippen LogP contribution in [0, 0.1) is 6.92 Å². The third kappa shape index (κ3) is 2.54. The van der Waals surface area contributed by atoms with Crippen LogP contribution < -0.4 is 4.74 Å². The van der Waals surface area contributed by atoms with E-state index in [9.17, 15) is 0 Å². The Bertz CT molecular complexity index is 328. The first-order valence-electron chi connectivity index (χ1n) is 4.16. The molecule has 0 fully saturated rings. The fourth-order valence-corrected chi connectivity index (χ4v) is 1.08. The van der Waals surface area contributed by atoms with E-state index in [-0.39, 0.29) is 0 Å². The Morgan fingerprint density at radius 3 is 2.62 bits per heavy atom. The van der Waals surface area contributed by atoms with Gasteiger partial charge in [0.1, 0.15) is 0 Å². The van der Waals surface area contributed by atoms with Gasteiger partial charge in [-0.2, -0.15) is 0 Å². The predicted octanol–water partition coefficient (Wildman–Crippen LogP) is 2.51. The number of hydrogen-bond acceptors (Lipinski definition) is 3. The molecule has 3 heteroatoms. The Kier molecular flexibility index (Phi) is 3.01. The summed E-state index contributed by atoms with van der Waals surface area (Å²) in [6.45, 7) is 5.87. The first-order valence-corrected chi connectivity index (χ1v) is 4.16. The van der Waals surface area contributed by atoms with E-state index < -0.39 is 0 Å². The third-order valence-corrected chi connectivity index (χ3v) is 1.56. The average Bonchev–Trinajstić information content (AvgIpc) is 2.03. The van der Waals surface area contributed by atoms with Crippen molar-refractivity contribution in [3.05, 3.63) is 17.8 Å². The minimum absolute atomic E-state index is 0.660. The Morgan fingerprint density at radius 1 is 1.46 bits per heavy atom. The number of aromatic nitrogens is 1. The molecule has 0 aliphatic carbocycles. The molecule has 0 atom stereocenters. The van der Waals surface area contributed by atoms with Gasteiger partial charge >= 0.3 is 0 Å². The molecular formula is C10H14N2O. The highest BCUT2D eigenvalue weighted by Crippen LogP contribution is 2.19. The summed E-state index contributed by atoms with van der Waals surface area (Å²) in [5.41, 5.74) is 2.90. The zero-order chi connectivity index (χ0) is 9.84. The van der Waals surface area contributed by atoms with Gasteiger partial charge in [-0.05, 0) is 26.8 Å². The molecule has 0 saturated heterocycles. The summed E-state index contributed by atoms with van der Waals surface area (Å²) in [5.74, 6) is 0.660. The Labute approximate surface area is 78.5 Å². The van der Waals surface area contributed by atoms with Crippen molar-refractivity contribution in [2.45, 2.75) is 20.8 Å². The fraction of sp³-hybridized carbons (Fsp3) is 0.400. The quantitative estimate of drug-likeness (QED) is 0.652. The number of nitrogens with zero attached hydrogens (tertiary/aromatic N) is 2. The van der Waals surface area contributed by atoms with Crippen molar-refractivity contribution in [2.75, 3.05) is 7.11 Å². The zero-order valence-electron chi connectivity index (χ0n) is 8.46. The largest absolute Gasteiger partial charge is 0.481 e. The molecule has 0 saturated carbocycles. The van der Waals surface area contributed by atoms with Gasteiger partial charge in [0, 0.05) is 11.3 Å². The Morgan fingerprint density at radius 2 is 2.15 bits per heavy atom. The van der Waals surface area contributed by atoms with Crippen LogP contribution in [0.3, 0.4) is 0 Å². The van der Waals surface area contributed by atoms with Crippen LogP contribution in [-0.2, 0) is 0 Å². The molecule has 1 heterocycles. The predicted molar refractivity (Wildman–Crippen MR) is 54.0 cm³/mol. The van der Waals surface area contributed by atoms with Crippen molar-refractivity contribution in [3.63, 3.8) is 0 Å². The third-order valence-electron chi connectivity index (χ3n) is 1.56. The van der Waals surface area contributed by atoms with E-state index in [2.05, 4.69) is 9.98 Å². The lowest BCUT2D eigenvalue weighted by molar-refractivity contribution is 0.394. The summed E-state index contributed by atoms with van der Waals surface area (Å²) in [7, 11) is 1.61. The fourth-order valence-electron chi connectivity index (χ4n) is 1.08. The Hall–Kier alpha value is -1.38. The molecule has 0 aliphatic rings. The molecule has 1 aromatic heterocycles. The van der Waals surface area contributed by atoms with Gasteiger partial charge in [-0.25, -0.2) is 4.98 Å². The second kappa shape index (κ2) is 4.03. The summed E-state index contributed by atoms with van der Waals surface area (Å²) in [6, 6.07) is 1.96. The highest BCUT2D eigenvalue weighted by atomic mass is 16.5. The lowest BCUT2D eigenvalue weighted by atomic mass is 10.3. The van der Waals surface area contributed by atoms with Crippen LogP contribution in [0.5, 0.6) is 5.88 Å². The van der Waals surface area contributed by atoms with E-state index in [1.54, 1.807) is 13.3 Å². The standard InChI is InChI=1S/C10H14N2O/c1-7(2)12-9-5-8(3)10(13-4)11-6-9/h5-6H,1-4H3. The first-order chi connectivity index (χ1) is 6.13. The van der Waals surface area contributed by atoms with Gasteiger partial charge in [-0.1, -0.05) is 0 Å². The van der Waals surface area contributed by atoms with E-state index in [1.807, 2.05) is 26.8 Å². The highest BCUT2D eigenvalue weighted by molar-refractivity contribution is 5.81. The molecule has 1 rings (SSSR count). The van der Waals surface area contributed by atoms with Gasteiger partial charge in [0.2, 0.25) is 5.88 Å². The van der Waals surface area contributed by atoms with E-state index >= 15 is 0 Å². The zero-order valence-corrected chi connectivity index (χ0v) is 8.46. The minimum atomic E-state index is 0.660. The van der Waals surface area contributed by atoms with Gasteiger partial charge in [0.15, 0.2) is 0 Å². The van der Waals surface area contributed by atoms with Crippen LogP contribution in [0.4, 0.5) is 5.69 Å². The molecule has 0 bridgehead atoms. The van der Waals surface area contributed by atoms with E-state index in [0.717, 1.165) is 17.0 Å². The smallest absolute Gasteiger partial charge is 0.216 e. The number of rotatable bonds is 2. The molecule has 0 radical (unpaired) electrons. The monoisotopic (exact) mass is 178 g/mol. The average molecular weight is 178 g/mol. The number of pyridine rings is 1. The van der Waals surface area contributed by atoms with Crippen molar-refractivity contribution in [1.29, 1.82) is 0 Å². The maximum atomic E-state index is 5.05. The second-order valence-corrected chi connectivity index (χ2v) is 3.08. The molecule has 0 unspecified atom stereocenters. The number of aryl methyl sites for hydroxylation is 1. The molecule has 0 aromatic carbocycles. The Balaban J connectivity index is 3.03. The summed E-state index contributed by atoms with van der Waals surface area (Å²) < 4.78 is 5.05. The lowest BCUT2D eigenvalue weighted by Gasteiger charge is -2.03. The van der Waals surface area contributed by atoms with Gasteiger partial charge in [-0.15, -0.1) is 0 Å². The molecule has 0 amide bonds. The van der Waals surface area contributed by atoms with Gasteiger partial charge < -0.3 is 4.74 Å². The molecule has 0 N–H and O–H groups in total. The first kappa shape index (κ1) is 9.71. The molecule has 0 spiro atoms. The van der Waals surface area contributed by atoms with Gasteiger partial charge in [-0.3, -0.25) is 4.99 Å². The number of methoxy groups -OCH3 is 1. The summed E-state index contributed by atoms with van der Waals surface area (Å²) in [6.07, 6.45) is 1.71. The van der Waals surface area contributed by atoms with Crippen LogP contribution in [0.25, 0.3) is 0 Å². The SMILES string of the molecule is COc1ncc(N=C(C)C)cc1C. The normalized spacial score (nSPS) is 9.54.